The van der Waals surface area contributed by atoms with Crippen molar-refractivity contribution in [3.8, 4) is 5.69 Å². The van der Waals surface area contributed by atoms with Crippen LogP contribution in [-0.2, 0) is 9.53 Å². The first-order chi connectivity index (χ1) is 10.3. The number of aromatic nitrogens is 1. The molecule has 21 heavy (non-hydrogen) atoms. The van der Waals surface area contributed by atoms with Crippen LogP contribution in [0.3, 0.4) is 0 Å². The largest absolute Gasteiger partial charge is 0.379 e. The number of likely N-dealkylation sites (N-methyl/N-ethyl adjacent to an activating group) is 1. The molecule has 5 nitrogen and oxygen atoms in total. The Kier molecular flexibility index (Phi) is 4.03. The Morgan fingerprint density at radius 3 is 2.81 bits per heavy atom. The van der Waals surface area contributed by atoms with Crippen molar-refractivity contribution in [2.24, 2.45) is 5.92 Å². The number of carbonyl (C=O) groups is 1. The van der Waals surface area contributed by atoms with E-state index in [0.29, 0.717) is 13.2 Å². The summed E-state index contributed by atoms with van der Waals surface area (Å²) in [4.78, 5) is 12.3. The van der Waals surface area contributed by atoms with E-state index in [0.717, 1.165) is 11.4 Å². The van der Waals surface area contributed by atoms with Crippen LogP contribution in [0.15, 0.2) is 48.8 Å². The number of benzene rings is 1. The van der Waals surface area contributed by atoms with Gasteiger partial charge in [0.15, 0.2) is 0 Å². The minimum atomic E-state index is -0.148. The molecule has 5 heteroatoms. The lowest BCUT2D eigenvalue weighted by atomic mass is 10.0. The summed E-state index contributed by atoms with van der Waals surface area (Å²) in [5, 5.41) is 6.10. The maximum absolute atomic E-state index is 12.3. The van der Waals surface area contributed by atoms with Gasteiger partial charge in [-0.05, 0) is 37.4 Å². The lowest BCUT2D eigenvalue weighted by Gasteiger charge is -2.16. The summed E-state index contributed by atoms with van der Waals surface area (Å²) in [6, 6.07) is 11.8. The molecule has 2 atom stereocenters. The zero-order chi connectivity index (χ0) is 14.7. The molecular formula is C16H19N3O2. The average molecular weight is 285 g/mol. The van der Waals surface area contributed by atoms with Gasteiger partial charge in [0.25, 0.3) is 0 Å². The van der Waals surface area contributed by atoms with E-state index in [1.807, 2.05) is 60.4 Å². The van der Waals surface area contributed by atoms with Gasteiger partial charge in [-0.3, -0.25) is 4.79 Å². The van der Waals surface area contributed by atoms with Gasteiger partial charge < -0.3 is 19.9 Å². The summed E-state index contributed by atoms with van der Waals surface area (Å²) < 4.78 is 7.38. The Balaban J connectivity index is 1.73. The van der Waals surface area contributed by atoms with Crippen molar-refractivity contribution in [1.29, 1.82) is 0 Å². The highest BCUT2D eigenvalue weighted by molar-refractivity contribution is 5.93. The first-order valence-electron chi connectivity index (χ1n) is 7.07. The Morgan fingerprint density at radius 2 is 2.05 bits per heavy atom. The lowest BCUT2D eigenvalue weighted by molar-refractivity contribution is -0.120. The predicted molar refractivity (Wildman–Crippen MR) is 81.6 cm³/mol. The second-order valence-corrected chi connectivity index (χ2v) is 5.17. The number of hydrogen-bond donors (Lipinski definition) is 2. The second kappa shape index (κ2) is 6.11. The van der Waals surface area contributed by atoms with Crippen molar-refractivity contribution < 1.29 is 9.53 Å². The van der Waals surface area contributed by atoms with E-state index < -0.39 is 0 Å². The van der Waals surface area contributed by atoms with Crippen LogP contribution in [0.25, 0.3) is 5.69 Å². The molecule has 2 unspecified atom stereocenters. The minimum absolute atomic E-state index is 0.00324. The van der Waals surface area contributed by atoms with E-state index in [2.05, 4.69) is 10.6 Å². The number of rotatable bonds is 4. The molecular weight excluding hydrogens is 266 g/mol. The van der Waals surface area contributed by atoms with Crippen LogP contribution in [0.1, 0.15) is 0 Å². The van der Waals surface area contributed by atoms with Gasteiger partial charge >= 0.3 is 0 Å². The quantitative estimate of drug-likeness (QED) is 0.898. The normalized spacial score (nSPS) is 21.4. The topological polar surface area (TPSA) is 55.3 Å². The Bertz CT molecular complexity index is 610. The molecule has 2 heterocycles. The zero-order valence-corrected chi connectivity index (χ0v) is 12.0. The Morgan fingerprint density at radius 1 is 1.24 bits per heavy atom. The van der Waals surface area contributed by atoms with Gasteiger partial charge in [-0.2, -0.15) is 0 Å². The summed E-state index contributed by atoms with van der Waals surface area (Å²) in [5.41, 5.74) is 1.82. The molecule has 1 fully saturated rings. The number of nitrogens with zero attached hydrogens (tertiary/aromatic N) is 1. The summed E-state index contributed by atoms with van der Waals surface area (Å²) in [6.07, 6.45) is 3.95. The number of hydrogen-bond acceptors (Lipinski definition) is 3. The van der Waals surface area contributed by atoms with E-state index >= 15 is 0 Å². The van der Waals surface area contributed by atoms with Crippen LogP contribution in [0.2, 0.25) is 0 Å². The van der Waals surface area contributed by atoms with E-state index in [9.17, 15) is 4.79 Å². The zero-order valence-electron chi connectivity index (χ0n) is 12.0. The van der Waals surface area contributed by atoms with Gasteiger partial charge in [-0.1, -0.05) is 6.07 Å². The summed E-state index contributed by atoms with van der Waals surface area (Å²) in [5.74, 6) is -0.151. The number of carbonyl (C=O) groups excluding carboxylic acids is 1. The summed E-state index contributed by atoms with van der Waals surface area (Å²) >= 11 is 0. The van der Waals surface area contributed by atoms with Crippen molar-refractivity contribution in [2.45, 2.75) is 6.04 Å². The molecule has 1 saturated heterocycles. The van der Waals surface area contributed by atoms with Gasteiger partial charge in [0.1, 0.15) is 0 Å². The predicted octanol–water partition coefficient (Wildman–Crippen LogP) is 1.65. The maximum atomic E-state index is 12.3. The van der Waals surface area contributed by atoms with Crippen LogP contribution in [0, 0.1) is 5.92 Å². The van der Waals surface area contributed by atoms with Gasteiger partial charge in [0, 0.05) is 29.8 Å². The standard InChI is InChI=1S/C16H19N3O2/c1-17-15-11-21-10-14(15)16(20)18-12-5-4-6-13(9-12)19-7-2-3-8-19/h2-9,14-15,17H,10-11H2,1H3,(H,18,20). The second-order valence-electron chi connectivity index (χ2n) is 5.17. The molecule has 1 aromatic carbocycles. The number of nitrogens with one attached hydrogen (secondary N) is 2. The Hall–Kier alpha value is -2.11. The molecule has 2 aromatic rings. The molecule has 3 rings (SSSR count). The maximum Gasteiger partial charge on any atom is 0.231 e. The highest BCUT2D eigenvalue weighted by Gasteiger charge is 2.32. The van der Waals surface area contributed by atoms with Gasteiger partial charge in [0.2, 0.25) is 5.91 Å². The first-order valence-corrected chi connectivity index (χ1v) is 7.07. The fourth-order valence-corrected chi connectivity index (χ4v) is 2.58. The van der Waals surface area contributed by atoms with Crippen molar-refractivity contribution >= 4 is 11.6 Å². The lowest BCUT2D eigenvalue weighted by Crippen LogP contribution is -2.39. The van der Waals surface area contributed by atoms with Gasteiger partial charge in [-0.25, -0.2) is 0 Å². The molecule has 1 amide bonds. The monoisotopic (exact) mass is 285 g/mol. The molecule has 0 saturated carbocycles. The summed E-state index contributed by atoms with van der Waals surface area (Å²) in [7, 11) is 1.85. The van der Waals surface area contributed by atoms with Gasteiger partial charge in [-0.15, -0.1) is 0 Å². The first kappa shape index (κ1) is 13.9. The molecule has 0 bridgehead atoms. The third-order valence-electron chi connectivity index (χ3n) is 3.80. The third kappa shape index (κ3) is 2.99. The van der Waals surface area contributed by atoms with E-state index in [4.69, 9.17) is 4.74 Å². The molecule has 1 aliphatic heterocycles. The summed E-state index contributed by atoms with van der Waals surface area (Å²) in [6.45, 7) is 1.05. The molecule has 2 N–H and O–H groups in total. The molecule has 1 aromatic heterocycles. The fourth-order valence-electron chi connectivity index (χ4n) is 2.58. The van der Waals surface area contributed by atoms with Crippen LogP contribution in [0.5, 0.6) is 0 Å². The van der Waals surface area contributed by atoms with Crippen molar-refractivity contribution in [2.75, 3.05) is 25.6 Å². The Labute approximate surface area is 123 Å². The molecule has 0 radical (unpaired) electrons. The van der Waals surface area contributed by atoms with Crippen LogP contribution >= 0.6 is 0 Å². The van der Waals surface area contributed by atoms with Crippen LogP contribution in [0.4, 0.5) is 5.69 Å². The highest BCUT2D eigenvalue weighted by atomic mass is 16.5. The fraction of sp³-hybridized carbons (Fsp3) is 0.312. The smallest absolute Gasteiger partial charge is 0.231 e. The van der Waals surface area contributed by atoms with E-state index in [1.165, 1.54) is 0 Å². The molecule has 0 aliphatic carbocycles. The number of anilines is 1. The van der Waals surface area contributed by atoms with E-state index in [-0.39, 0.29) is 17.9 Å². The average Bonchev–Trinajstić information content (AvgIpc) is 3.18. The molecule has 1 aliphatic rings. The van der Waals surface area contributed by atoms with E-state index in [1.54, 1.807) is 0 Å². The number of amides is 1. The van der Waals surface area contributed by atoms with Crippen molar-refractivity contribution in [3.63, 3.8) is 0 Å². The minimum Gasteiger partial charge on any atom is -0.379 e. The SMILES string of the molecule is CNC1COCC1C(=O)Nc1cccc(-n2cccc2)c1. The molecule has 110 valence electrons. The third-order valence-corrected chi connectivity index (χ3v) is 3.80. The van der Waals surface area contributed by atoms with Crippen molar-refractivity contribution in [1.82, 2.24) is 9.88 Å². The van der Waals surface area contributed by atoms with Crippen LogP contribution < -0.4 is 10.6 Å². The molecule has 0 spiro atoms. The van der Waals surface area contributed by atoms with Crippen molar-refractivity contribution in [3.05, 3.63) is 48.8 Å². The highest BCUT2D eigenvalue weighted by Crippen LogP contribution is 2.19. The number of ether oxygens (including phenoxy) is 1. The van der Waals surface area contributed by atoms with Crippen LogP contribution in [-0.4, -0.2) is 36.8 Å². The van der Waals surface area contributed by atoms with Gasteiger partial charge in [0.05, 0.1) is 19.1 Å².